The lowest BCUT2D eigenvalue weighted by Crippen LogP contribution is -2.17. The number of aromatic nitrogens is 3. The molecule has 2 aromatic heterocycles. The third-order valence-corrected chi connectivity index (χ3v) is 4.42. The van der Waals surface area contributed by atoms with E-state index in [4.69, 9.17) is 0 Å². The van der Waals surface area contributed by atoms with Gasteiger partial charge in [0, 0.05) is 23.6 Å². The monoisotopic (exact) mass is 286 g/mol. The number of carbonyl (C=O) groups is 1. The van der Waals surface area contributed by atoms with Crippen LogP contribution in [0.4, 0.5) is 5.69 Å². The van der Waals surface area contributed by atoms with Crippen molar-refractivity contribution in [1.82, 2.24) is 14.8 Å². The number of rotatable bonds is 3. The molecule has 2 aromatic rings. The second-order valence-corrected chi connectivity index (χ2v) is 5.89. The molecule has 2 heterocycles. The summed E-state index contributed by atoms with van der Waals surface area (Å²) >= 11 is 0. The van der Waals surface area contributed by atoms with E-state index in [0.717, 1.165) is 11.3 Å². The summed E-state index contributed by atoms with van der Waals surface area (Å²) in [5.74, 6) is -0.0634. The van der Waals surface area contributed by atoms with Crippen LogP contribution in [0.3, 0.4) is 0 Å². The van der Waals surface area contributed by atoms with Gasteiger partial charge in [-0.1, -0.05) is 19.3 Å². The SMILES string of the molecule is Cc1cc(C(=O)Nc2cn[nH]c2)c(C)n1C1CCCCC1. The van der Waals surface area contributed by atoms with Gasteiger partial charge in [-0.3, -0.25) is 9.89 Å². The first kappa shape index (κ1) is 13.9. The number of nitrogens with one attached hydrogen (secondary N) is 2. The van der Waals surface area contributed by atoms with Crippen molar-refractivity contribution in [2.75, 3.05) is 5.32 Å². The maximum absolute atomic E-state index is 12.4. The van der Waals surface area contributed by atoms with Crippen molar-refractivity contribution in [3.8, 4) is 0 Å². The van der Waals surface area contributed by atoms with Crippen molar-refractivity contribution in [3.63, 3.8) is 0 Å². The van der Waals surface area contributed by atoms with Gasteiger partial charge in [0.1, 0.15) is 0 Å². The molecule has 2 N–H and O–H groups in total. The number of aromatic amines is 1. The smallest absolute Gasteiger partial charge is 0.257 e. The van der Waals surface area contributed by atoms with E-state index >= 15 is 0 Å². The average Bonchev–Trinajstić information content (AvgIpc) is 3.08. The minimum Gasteiger partial charge on any atom is -0.345 e. The molecule has 1 aliphatic carbocycles. The summed E-state index contributed by atoms with van der Waals surface area (Å²) in [6.45, 7) is 4.14. The molecule has 112 valence electrons. The summed E-state index contributed by atoms with van der Waals surface area (Å²) in [6, 6.07) is 2.55. The molecule has 3 rings (SSSR count). The third-order valence-electron chi connectivity index (χ3n) is 4.42. The zero-order chi connectivity index (χ0) is 14.8. The Morgan fingerprint density at radius 1 is 1.33 bits per heavy atom. The fraction of sp³-hybridized carbons (Fsp3) is 0.500. The van der Waals surface area contributed by atoms with Gasteiger partial charge >= 0.3 is 0 Å². The molecule has 1 saturated carbocycles. The van der Waals surface area contributed by atoms with Crippen molar-refractivity contribution >= 4 is 11.6 Å². The molecule has 0 bridgehead atoms. The molecule has 0 atom stereocenters. The number of aryl methyl sites for hydroxylation is 1. The Labute approximate surface area is 124 Å². The molecule has 5 nitrogen and oxygen atoms in total. The van der Waals surface area contributed by atoms with Gasteiger partial charge in [-0.15, -0.1) is 0 Å². The molecule has 0 saturated heterocycles. The zero-order valence-corrected chi connectivity index (χ0v) is 12.6. The first-order chi connectivity index (χ1) is 10.2. The van der Waals surface area contributed by atoms with Gasteiger partial charge in [0.2, 0.25) is 0 Å². The van der Waals surface area contributed by atoms with Crippen molar-refractivity contribution in [3.05, 3.63) is 35.4 Å². The number of carbonyl (C=O) groups excluding carboxylic acids is 1. The molecule has 1 aliphatic rings. The Morgan fingerprint density at radius 2 is 2.10 bits per heavy atom. The summed E-state index contributed by atoms with van der Waals surface area (Å²) in [4.78, 5) is 12.4. The van der Waals surface area contributed by atoms with E-state index in [2.05, 4.69) is 27.0 Å². The molecular formula is C16H22N4O. The quantitative estimate of drug-likeness (QED) is 0.905. The van der Waals surface area contributed by atoms with Gasteiger partial charge in [0.15, 0.2) is 0 Å². The number of amides is 1. The van der Waals surface area contributed by atoms with Crippen LogP contribution < -0.4 is 5.32 Å². The Morgan fingerprint density at radius 3 is 2.76 bits per heavy atom. The van der Waals surface area contributed by atoms with Crippen LogP contribution in [-0.4, -0.2) is 20.7 Å². The number of hydrogen-bond donors (Lipinski definition) is 2. The first-order valence-corrected chi connectivity index (χ1v) is 7.65. The summed E-state index contributed by atoms with van der Waals surface area (Å²) < 4.78 is 2.35. The standard InChI is InChI=1S/C16H22N4O/c1-11-8-15(16(21)19-13-9-17-18-10-13)12(2)20(11)14-6-4-3-5-7-14/h8-10,14H,3-7H2,1-2H3,(H,17,18)(H,19,21). The Bertz CT molecular complexity index is 621. The van der Waals surface area contributed by atoms with Crippen LogP contribution in [0.25, 0.3) is 0 Å². The molecule has 5 heteroatoms. The summed E-state index contributed by atoms with van der Waals surface area (Å²) in [7, 11) is 0. The predicted molar refractivity (Wildman–Crippen MR) is 82.6 cm³/mol. The van der Waals surface area contributed by atoms with Crippen LogP contribution in [0.2, 0.25) is 0 Å². The van der Waals surface area contributed by atoms with Gasteiger partial charge in [0.25, 0.3) is 5.91 Å². The number of nitrogens with zero attached hydrogens (tertiary/aromatic N) is 2. The number of hydrogen-bond acceptors (Lipinski definition) is 2. The Kier molecular flexibility index (Phi) is 3.82. The lowest BCUT2D eigenvalue weighted by atomic mass is 9.95. The van der Waals surface area contributed by atoms with Gasteiger partial charge in [-0.05, 0) is 32.8 Å². The highest BCUT2D eigenvalue weighted by molar-refractivity contribution is 6.05. The van der Waals surface area contributed by atoms with E-state index in [9.17, 15) is 4.79 Å². The van der Waals surface area contributed by atoms with E-state index in [0.29, 0.717) is 11.7 Å². The highest BCUT2D eigenvalue weighted by Gasteiger charge is 2.22. The maximum atomic E-state index is 12.4. The lowest BCUT2D eigenvalue weighted by molar-refractivity contribution is 0.102. The van der Waals surface area contributed by atoms with Gasteiger partial charge in [-0.2, -0.15) is 5.10 Å². The maximum Gasteiger partial charge on any atom is 0.257 e. The van der Waals surface area contributed by atoms with Crippen LogP contribution in [-0.2, 0) is 0 Å². The molecule has 0 unspecified atom stereocenters. The van der Waals surface area contributed by atoms with Crippen molar-refractivity contribution in [2.45, 2.75) is 52.0 Å². The number of H-pyrrole nitrogens is 1. The molecule has 0 spiro atoms. The van der Waals surface area contributed by atoms with Crippen molar-refractivity contribution in [2.24, 2.45) is 0 Å². The van der Waals surface area contributed by atoms with E-state index in [-0.39, 0.29) is 5.91 Å². The summed E-state index contributed by atoms with van der Waals surface area (Å²) in [5, 5.41) is 9.42. The molecule has 0 aromatic carbocycles. The van der Waals surface area contributed by atoms with Crippen molar-refractivity contribution in [1.29, 1.82) is 0 Å². The summed E-state index contributed by atoms with van der Waals surface area (Å²) in [5.41, 5.74) is 3.71. The zero-order valence-electron chi connectivity index (χ0n) is 12.6. The highest BCUT2D eigenvalue weighted by Crippen LogP contribution is 2.32. The minimum absolute atomic E-state index is 0.0634. The van der Waals surface area contributed by atoms with E-state index in [1.165, 1.54) is 37.8 Å². The fourth-order valence-electron chi connectivity index (χ4n) is 3.43. The highest BCUT2D eigenvalue weighted by atomic mass is 16.1. The Hall–Kier alpha value is -2.04. The molecular weight excluding hydrogens is 264 g/mol. The van der Waals surface area contributed by atoms with Crippen LogP contribution in [0.5, 0.6) is 0 Å². The van der Waals surface area contributed by atoms with Gasteiger partial charge in [-0.25, -0.2) is 0 Å². The third kappa shape index (κ3) is 2.73. The molecule has 0 radical (unpaired) electrons. The fourth-order valence-corrected chi connectivity index (χ4v) is 3.43. The first-order valence-electron chi connectivity index (χ1n) is 7.65. The molecule has 1 fully saturated rings. The second-order valence-electron chi connectivity index (χ2n) is 5.89. The van der Waals surface area contributed by atoms with Crippen molar-refractivity contribution < 1.29 is 4.79 Å². The normalized spacial score (nSPS) is 16.1. The van der Waals surface area contributed by atoms with Gasteiger partial charge < -0.3 is 9.88 Å². The molecule has 21 heavy (non-hydrogen) atoms. The topological polar surface area (TPSA) is 62.7 Å². The Balaban J connectivity index is 1.84. The largest absolute Gasteiger partial charge is 0.345 e. The van der Waals surface area contributed by atoms with E-state index in [1.807, 2.05) is 13.0 Å². The predicted octanol–water partition coefficient (Wildman–Crippen LogP) is 3.59. The lowest BCUT2D eigenvalue weighted by Gasteiger charge is -2.26. The van der Waals surface area contributed by atoms with Crippen LogP contribution >= 0.6 is 0 Å². The van der Waals surface area contributed by atoms with E-state index < -0.39 is 0 Å². The average molecular weight is 286 g/mol. The van der Waals surface area contributed by atoms with Crippen LogP contribution in [0.1, 0.15) is 59.9 Å². The van der Waals surface area contributed by atoms with Crippen LogP contribution in [0, 0.1) is 13.8 Å². The molecule has 1 amide bonds. The molecule has 0 aliphatic heterocycles. The van der Waals surface area contributed by atoms with Crippen LogP contribution in [0.15, 0.2) is 18.5 Å². The summed E-state index contributed by atoms with van der Waals surface area (Å²) in [6.07, 6.45) is 9.65. The minimum atomic E-state index is -0.0634. The number of anilines is 1. The van der Waals surface area contributed by atoms with E-state index in [1.54, 1.807) is 12.4 Å². The van der Waals surface area contributed by atoms with Gasteiger partial charge in [0.05, 0.1) is 17.4 Å². The second kappa shape index (κ2) is 5.76.